The van der Waals surface area contributed by atoms with Gasteiger partial charge in [0.05, 0.1) is 5.92 Å². The Balaban J connectivity index is 1.92. The first kappa shape index (κ1) is 16.2. The summed E-state index contributed by atoms with van der Waals surface area (Å²) >= 11 is 0. The molecule has 4 heteroatoms. The Kier molecular flexibility index (Phi) is 4.38. The van der Waals surface area contributed by atoms with Crippen LogP contribution < -0.4 is 5.32 Å². The molecule has 0 radical (unpaired) electrons. The minimum atomic E-state index is -1.39. The lowest BCUT2D eigenvalue weighted by Gasteiger charge is -2.31. The summed E-state index contributed by atoms with van der Waals surface area (Å²) in [7, 11) is 0. The van der Waals surface area contributed by atoms with Crippen LogP contribution >= 0.6 is 0 Å². The molecule has 0 spiro atoms. The molecule has 4 nitrogen and oxygen atoms in total. The van der Waals surface area contributed by atoms with Crippen LogP contribution in [0.25, 0.3) is 0 Å². The smallest absolute Gasteiger partial charge is 0.334 e. The molecule has 3 rings (SSSR count). The number of benzene rings is 2. The molecule has 2 aromatic carbocycles. The first-order valence-electron chi connectivity index (χ1n) is 8.27. The van der Waals surface area contributed by atoms with Gasteiger partial charge in [0.25, 0.3) is 0 Å². The van der Waals surface area contributed by atoms with Gasteiger partial charge in [-0.2, -0.15) is 0 Å². The van der Waals surface area contributed by atoms with Gasteiger partial charge in [0, 0.05) is 0 Å². The molecular formula is C20H21NO3. The van der Waals surface area contributed by atoms with E-state index in [2.05, 4.69) is 5.32 Å². The summed E-state index contributed by atoms with van der Waals surface area (Å²) < 4.78 is 0. The molecule has 0 bridgehead atoms. The fraction of sp³-hybridized carbons (Fsp3) is 0.300. The number of carboxylic acid groups (broad SMARTS) is 1. The van der Waals surface area contributed by atoms with Crippen LogP contribution in [0.2, 0.25) is 0 Å². The topological polar surface area (TPSA) is 66.4 Å². The van der Waals surface area contributed by atoms with Crippen molar-refractivity contribution < 1.29 is 14.7 Å². The van der Waals surface area contributed by atoms with E-state index in [0.29, 0.717) is 5.56 Å². The lowest BCUT2D eigenvalue weighted by Crippen LogP contribution is -2.52. The van der Waals surface area contributed by atoms with Gasteiger partial charge in [-0.15, -0.1) is 0 Å². The van der Waals surface area contributed by atoms with Crippen molar-refractivity contribution >= 4 is 11.9 Å². The van der Waals surface area contributed by atoms with Gasteiger partial charge in [-0.1, -0.05) is 61.5 Å². The normalized spacial score (nSPS) is 18.5. The van der Waals surface area contributed by atoms with Crippen LogP contribution in [0.15, 0.2) is 54.6 Å². The van der Waals surface area contributed by atoms with Gasteiger partial charge in [0.2, 0.25) is 5.91 Å². The molecule has 0 saturated heterocycles. The van der Waals surface area contributed by atoms with Gasteiger partial charge in [0.1, 0.15) is 0 Å². The average Bonchev–Trinajstić information content (AvgIpc) is 3.04. The molecule has 0 aliphatic heterocycles. The third-order valence-corrected chi connectivity index (χ3v) is 4.95. The molecule has 2 aromatic rings. The van der Waals surface area contributed by atoms with E-state index < -0.39 is 11.5 Å². The number of hydrogen-bond acceptors (Lipinski definition) is 2. The second-order valence-corrected chi connectivity index (χ2v) is 6.21. The zero-order valence-corrected chi connectivity index (χ0v) is 13.7. The Morgan fingerprint density at radius 1 is 1.12 bits per heavy atom. The molecule has 1 amide bonds. The number of fused-ring (bicyclic) bond motifs is 1. The number of aliphatic carboxylic acids is 1. The van der Waals surface area contributed by atoms with Crippen LogP contribution in [0.4, 0.5) is 0 Å². The lowest BCUT2D eigenvalue weighted by atomic mass is 9.86. The number of hydrogen-bond donors (Lipinski definition) is 2. The molecule has 2 atom stereocenters. The summed E-state index contributed by atoms with van der Waals surface area (Å²) in [6.45, 7) is 1.78. The van der Waals surface area contributed by atoms with Crippen LogP contribution in [-0.4, -0.2) is 17.0 Å². The summed E-state index contributed by atoms with van der Waals surface area (Å²) in [5, 5.41) is 12.7. The van der Waals surface area contributed by atoms with Gasteiger partial charge in [-0.25, -0.2) is 4.79 Å². The number of aryl methyl sites for hydroxylation is 1. The van der Waals surface area contributed by atoms with E-state index in [1.807, 2.05) is 30.3 Å². The highest BCUT2D eigenvalue weighted by molar-refractivity contribution is 5.92. The summed E-state index contributed by atoms with van der Waals surface area (Å²) in [6.07, 6.45) is 1.86. The van der Waals surface area contributed by atoms with E-state index in [1.165, 1.54) is 5.56 Å². The summed E-state index contributed by atoms with van der Waals surface area (Å²) in [6, 6.07) is 16.8. The summed E-state index contributed by atoms with van der Waals surface area (Å²) in [4.78, 5) is 24.9. The Hall–Kier alpha value is -2.62. The van der Waals surface area contributed by atoms with Crippen molar-refractivity contribution in [2.45, 2.75) is 37.6 Å². The third-order valence-electron chi connectivity index (χ3n) is 4.95. The van der Waals surface area contributed by atoms with Crippen molar-refractivity contribution in [3.05, 3.63) is 71.3 Å². The molecular weight excluding hydrogens is 302 g/mol. The van der Waals surface area contributed by atoms with Crippen molar-refractivity contribution in [1.29, 1.82) is 0 Å². The van der Waals surface area contributed by atoms with Crippen LogP contribution in [-0.2, 0) is 21.5 Å². The molecule has 1 aliphatic rings. The second-order valence-electron chi connectivity index (χ2n) is 6.21. The number of nitrogens with one attached hydrogen (secondary N) is 1. The SMILES string of the molecule is CCC(NC(=O)C1CCc2ccccc21)(C(=O)O)c1ccccc1. The number of carbonyl (C=O) groups is 2. The van der Waals surface area contributed by atoms with Gasteiger partial charge in [-0.05, 0) is 36.0 Å². The van der Waals surface area contributed by atoms with Gasteiger partial charge in [-0.3, -0.25) is 4.79 Å². The molecule has 0 saturated carbocycles. The monoisotopic (exact) mass is 323 g/mol. The van der Waals surface area contributed by atoms with Crippen molar-refractivity contribution in [3.8, 4) is 0 Å². The minimum Gasteiger partial charge on any atom is -0.479 e. The van der Waals surface area contributed by atoms with Crippen molar-refractivity contribution in [3.63, 3.8) is 0 Å². The molecule has 2 N–H and O–H groups in total. The number of carbonyl (C=O) groups excluding carboxylic acids is 1. The predicted molar refractivity (Wildman–Crippen MR) is 91.7 cm³/mol. The van der Waals surface area contributed by atoms with E-state index in [1.54, 1.807) is 31.2 Å². The Morgan fingerprint density at radius 3 is 2.46 bits per heavy atom. The predicted octanol–water partition coefficient (Wildman–Crippen LogP) is 3.22. The fourth-order valence-electron chi connectivity index (χ4n) is 3.54. The molecule has 1 aliphatic carbocycles. The quantitative estimate of drug-likeness (QED) is 0.888. The average molecular weight is 323 g/mol. The van der Waals surface area contributed by atoms with E-state index in [9.17, 15) is 14.7 Å². The van der Waals surface area contributed by atoms with E-state index in [-0.39, 0.29) is 18.2 Å². The zero-order valence-electron chi connectivity index (χ0n) is 13.7. The second kappa shape index (κ2) is 6.48. The number of amides is 1. The Bertz CT molecular complexity index is 756. The third kappa shape index (κ3) is 2.68. The molecule has 0 heterocycles. The highest BCUT2D eigenvalue weighted by Crippen LogP contribution is 2.35. The first-order chi connectivity index (χ1) is 11.6. The minimum absolute atomic E-state index is 0.215. The summed E-state index contributed by atoms with van der Waals surface area (Å²) in [5.74, 6) is -1.53. The van der Waals surface area contributed by atoms with Crippen LogP contribution in [0, 0.1) is 0 Å². The molecule has 24 heavy (non-hydrogen) atoms. The largest absolute Gasteiger partial charge is 0.479 e. The maximum absolute atomic E-state index is 12.9. The molecule has 2 unspecified atom stereocenters. The maximum Gasteiger partial charge on any atom is 0.334 e. The van der Waals surface area contributed by atoms with Gasteiger partial charge < -0.3 is 10.4 Å². The Morgan fingerprint density at radius 2 is 1.79 bits per heavy atom. The highest BCUT2D eigenvalue weighted by Gasteiger charge is 2.42. The zero-order chi connectivity index (χ0) is 17.2. The molecule has 0 aromatic heterocycles. The van der Waals surface area contributed by atoms with Crippen LogP contribution in [0.1, 0.15) is 42.4 Å². The van der Waals surface area contributed by atoms with E-state index in [0.717, 1.165) is 18.4 Å². The summed E-state index contributed by atoms with van der Waals surface area (Å²) in [5.41, 5.74) is 1.39. The van der Waals surface area contributed by atoms with Crippen LogP contribution in [0.5, 0.6) is 0 Å². The van der Waals surface area contributed by atoms with Crippen LogP contribution in [0.3, 0.4) is 0 Å². The fourth-order valence-corrected chi connectivity index (χ4v) is 3.54. The van der Waals surface area contributed by atoms with Gasteiger partial charge in [0.15, 0.2) is 5.54 Å². The van der Waals surface area contributed by atoms with E-state index in [4.69, 9.17) is 0 Å². The van der Waals surface area contributed by atoms with Gasteiger partial charge >= 0.3 is 5.97 Å². The molecule has 124 valence electrons. The number of carboxylic acids is 1. The van der Waals surface area contributed by atoms with Crippen molar-refractivity contribution in [2.24, 2.45) is 0 Å². The maximum atomic E-state index is 12.9. The standard InChI is InChI=1S/C20H21NO3/c1-2-20(19(23)24,15-9-4-3-5-10-15)21-18(22)17-13-12-14-8-6-7-11-16(14)17/h3-11,17H,2,12-13H2,1H3,(H,21,22)(H,23,24). The van der Waals surface area contributed by atoms with Crippen molar-refractivity contribution in [1.82, 2.24) is 5.32 Å². The van der Waals surface area contributed by atoms with E-state index >= 15 is 0 Å². The first-order valence-corrected chi connectivity index (χ1v) is 8.27. The Labute approximate surface area is 141 Å². The molecule has 0 fully saturated rings. The highest BCUT2D eigenvalue weighted by atomic mass is 16.4. The van der Waals surface area contributed by atoms with Crippen molar-refractivity contribution in [2.75, 3.05) is 0 Å². The number of rotatable bonds is 5. The lowest BCUT2D eigenvalue weighted by molar-refractivity contribution is -0.148.